The summed E-state index contributed by atoms with van der Waals surface area (Å²) < 4.78 is 6.05. The molecule has 1 aromatic carbocycles. The molecule has 0 aliphatic carbocycles. The molecule has 0 spiro atoms. The summed E-state index contributed by atoms with van der Waals surface area (Å²) in [5, 5.41) is 10.2. The second kappa shape index (κ2) is 9.14. The van der Waals surface area contributed by atoms with Crippen molar-refractivity contribution in [2.24, 2.45) is 11.1 Å². The Morgan fingerprint density at radius 3 is 2.30 bits per heavy atom. The number of aliphatic carboxylic acids is 1. The van der Waals surface area contributed by atoms with Crippen LogP contribution in [0.4, 0.5) is 5.69 Å². The number of anilines is 1. The number of carboxylic acid groups (broad SMARTS) is 1. The lowest BCUT2D eigenvalue weighted by molar-refractivity contribution is -0.160. The number of aromatic nitrogens is 1. The first kappa shape index (κ1) is 24.7. The van der Waals surface area contributed by atoms with Crippen LogP contribution in [0, 0.1) is 12.3 Å². The van der Waals surface area contributed by atoms with Gasteiger partial charge in [0.05, 0.1) is 11.3 Å². The third kappa shape index (κ3) is 5.53. The van der Waals surface area contributed by atoms with Crippen LogP contribution in [0.1, 0.15) is 75.2 Å². The van der Waals surface area contributed by atoms with Crippen LogP contribution in [0.2, 0.25) is 0 Å². The number of piperidine rings is 1. The number of hydrogen-bond donors (Lipinski definition) is 2. The zero-order valence-electron chi connectivity index (χ0n) is 20.4. The van der Waals surface area contributed by atoms with Crippen LogP contribution in [0.25, 0.3) is 11.1 Å². The number of carboxylic acids is 1. The lowest BCUT2D eigenvalue weighted by atomic mass is 9.82. The van der Waals surface area contributed by atoms with E-state index in [1.807, 2.05) is 32.9 Å². The van der Waals surface area contributed by atoms with Gasteiger partial charge in [0, 0.05) is 41.7 Å². The molecule has 178 valence electrons. The lowest BCUT2D eigenvalue weighted by Gasteiger charge is -2.41. The molecule has 0 saturated carbocycles. The number of hydrogen-bond acceptors (Lipinski definition) is 5. The number of carbonyl (C=O) groups excluding carboxylic acids is 1. The van der Waals surface area contributed by atoms with E-state index in [1.165, 1.54) is 0 Å². The van der Waals surface area contributed by atoms with Gasteiger partial charge in [0.2, 0.25) is 5.91 Å². The van der Waals surface area contributed by atoms with Gasteiger partial charge in [0.25, 0.3) is 0 Å². The molecule has 0 radical (unpaired) electrons. The van der Waals surface area contributed by atoms with Crippen molar-refractivity contribution in [3.8, 4) is 11.1 Å². The summed E-state index contributed by atoms with van der Waals surface area (Å²) in [5.74, 6) is -1.62. The highest BCUT2D eigenvalue weighted by Gasteiger charge is 2.36. The van der Waals surface area contributed by atoms with Gasteiger partial charge >= 0.3 is 5.97 Å². The van der Waals surface area contributed by atoms with Crippen LogP contribution in [0.5, 0.6) is 0 Å². The number of nitrogens with zero attached hydrogens (tertiary/aromatic N) is 2. The quantitative estimate of drug-likeness (QED) is 0.655. The van der Waals surface area contributed by atoms with Crippen molar-refractivity contribution in [1.82, 2.24) is 4.98 Å². The highest BCUT2D eigenvalue weighted by atomic mass is 16.5. The number of carbonyl (C=O) groups is 2. The fourth-order valence-electron chi connectivity index (χ4n) is 4.32. The summed E-state index contributed by atoms with van der Waals surface area (Å²) in [4.78, 5) is 31.4. The Bertz CT molecular complexity index is 1050. The average molecular weight is 454 g/mol. The van der Waals surface area contributed by atoms with E-state index in [-0.39, 0.29) is 5.41 Å². The molecular formula is C26H35N3O4. The van der Waals surface area contributed by atoms with Crippen LogP contribution in [-0.4, -0.2) is 40.7 Å². The highest BCUT2D eigenvalue weighted by molar-refractivity contribution is 6.02. The normalized spacial score (nSPS) is 17.0. The first-order chi connectivity index (χ1) is 15.3. The molecule has 33 heavy (non-hydrogen) atoms. The van der Waals surface area contributed by atoms with E-state index < -0.39 is 23.6 Å². The predicted octanol–water partition coefficient (Wildman–Crippen LogP) is 4.72. The van der Waals surface area contributed by atoms with E-state index >= 15 is 0 Å². The van der Waals surface area contributed by atoms with Gasteiger partial charge in [-0.1, -0.05) is 32.0 Å². The summed E-state index contributed by atoms with van der Waals surface area (Å²) in [6.45, 7) is 13.3. The van der Waals surface area contributed by atoms with E-state index in [1.54, 1.807) is 25.3 Å². The maximum absolute atomic E-state index is 12.4. The first-order valence-corrected chi connectivity index (χ1v) is 11.3. The SMILES string of the molecule is Cc1ncc(-c2ccccc2C(N)=O)c(N2CCC(C)(C)CC2)c1[C@H](OC(C)(C)C)C(=O)O. The maximum Gasteiger partial charge on any atom is 0.337 e. The van der Waals surface area contributed by atoms with Crippen LogP contribution in [0.15, 0.2) is 30.5 Å². The first-order valence-electron chi connectivity index (χ1n) is 11.3. The Balaban J connectivity index is 2.30. The zero-order chi connectivity index (χ0) is 24.6. The average Bonchev–Trinajstić information content (AvgIpc) is 2.71. The minimum absolute atomic E-state index is 0.206. The van der Waals surface area contributed by atoms with Gasteiger partial charge in [-0.15, -0.1) is 0 Å². The standard InChI is InChI=1S/C26H35N3O4/c1-16-20(22(24(31)32)33-25(2,3)4)21(29-13-11-26(5,6)12-14-29)19(15-28-16)17-9-7-8-10-18(17)23(27)30/h7-10,15,22H,11-14H2,1-6H3,(H2,27,30)(H,31,32)/t22-/m0/s1. The van der Waals surface area contributed by atoms with E-state index in [0.29, 0.717) is 27.9 Å². The van der Waals surface area contributed by atoms with Gasteiger partial charge in [-0.3, -0.25) is 9.78 Å². The molecule has 3 rings (SSSR count). The number of nitrogens with two attached hydrogens (primary N) is 1. The Kier molecular flexibility index (Phi) is 6.84. The molecule has 1 aliphatic heterocycles. The Morgan fingerprint density at radius 2 is 1.76 bits per heavy atom. The number of aryl methyl sites for hydroxylation is 1. The molecule has 0 unspecified atom stereocenters. The van der Waals surface area contributed by atoms with E-state index in [4.69, 9.17) is 10.5 Å². The van der Waals surface area contributed by atoms with Gasteiger partial charge in [0.15, 0.2) is 6.10 Å². The van der Waals surface area contributed by atoms with Gasteiger partial charge in [-0.25, -0.2) is 4.79 Å². The maximum atomic E-state index is 12.4. The van der Waals surface area contributed by atoms with Gasteiger partial charge < -0.3 is 20.5 Å². The van der Waals surface area contributed by atoms with Crippen molar-refractivity contribution in [2.45, 2.75) is 66.1 Å². The van der Waals surface area contributed by atoms with Crippen molar-refractivity contribution >= 4 is 17.6 Å². The molecule has 1 aromatic heterocycles. The summed E-state index contributed by atoms with van der Waals surface area (Å²) in [6, 6.07) is 7.11. The number of amides is 1. The molecule has 1 saturated heterocycles. The summed E-state index contributed by atoms with van der Waals surface area (Å²) in [6.07, 6.45) is 2.43. The smallest absolute Gasteiger partial charge is 0.337 e. The van der Waals surface area contributed by atoms with Crippen LogP contribution < -0.4 is 10.6 Å². The molecule has 7 nitrogen and oxygen atoms in total. The Morgan fingerprint density at radius 1 is 1.15 bits per heavy atom. The second-order valence-corrected chi connectivity index (χ2v) is 10.5. The number of ether oxygens (including phenoxy) is 1. The number of rotatable bonds is 6. The van der Waals surface area contributed by atoms with Crippen LogP contribution in [-0.2, 0) is 9.53 Å². The molecular weight excluding hydrogens is 418 g/mol. The highest BCUT2D eigenvalue weighted by Crippen LogP contribution is 2.44. The van der Waals surface area contributed by atoms with Crippen LogP contribution in [0.3, 0.4) is 0 Å². The third-order valence-electron chi connectivity index (χ3n) is 6.16. The molecule has 1 fully saturated rings. The largest absolute Gasteiger partial charge is 0.479 e. The molecule has 7 heteroatoms. The molecule has 1 amide bonds. The Labute approximate surface area is 196 Å². The lowest BCUT2D eigenvalue weighted by Crippen LogP contribution is -2.39. The monoisotopic (exact) mass is 453 g/mol. The number of pyridine rings is 1. The minimum atomic E-state index is -1.21. The fraction of sp³-hybridized carbons (Fsp3) is 0.500. The summed E-state index contributed by atoms with van der Waals surface area (Å²) >= 11 is 0. The molecule has 2 aromatic rings. The topological polar surface area (TPSA) is 106 Å². The van der Waals surface area contributed by atoms with Crippen molar-refractivity contribution in [3.63, 3.8) is 0 Å². The molecule has 1 atom stereocenters. The summed E-state index contributed by atoms with van der Waals surface area (Å²) in [5.41, 5.74) is 8.77. The van der Waals surface area contributed by atoms with E-state index in [0.717, 1.165) is 31.6 Å². The zero-order valence-corrected chi connectivity index (χ0v) is 20.4. The predicted molar refractivity (Wildman–Crippen MR) is 129 cm³/mol. The van der Waals surface area contributed by atoms with Gasteiger partial charge in [0.1, 0.15) is 0 Å². The Hall–Kier alpha value is -2.93. The number of primary amides is 1. The minimum Gasteiger partial charge on any atom is -0.479 e. The molecule has 3 N–H and O–H groups in total. The van der Waals surface area contributed by atoms with Crippen molar-refractivity contribution < 1.29 is 19.4 Å². The molecule has 0 bridgehead atoms. The summed E-state index contributed by atoms with van der Waals surface area (Å²) in [7, 11) is 0. The molecule has 2 heterocycles. The molecule has 1 aliphatic rings. The van der Waals surface area contributed by atoms with E-state index in [9.17, 15) is 14.7 Å². The van der Waals surface area contributed by atoms with Crippen molar-refractivity contribution in [2.75, 3.05) is 18.0 Å². The van der Waals surface area contributed by atoms with Crippen LogP contribution >= 0.6 is 0 Å². The second-order valence-electron chi connectivity index (χ2n) is 10.5. The number of benzene rings is 1. The van der Waals surface area contributed by atoms with E-state index in [2.05, 4.69) is 23.7 Å². The third-order valence-corrected chi connectivity index (χ3v) is 6.16. The fourth-order valence-corrected chi connectivity index (χ4v) is 4.32. The van der Waals surface area contributed by atoms with Gasteiger partial charge in [-0.2, -0.15) is 0 Å². The van der Waals surface area contributed by atoms with Gasteiger partial charge in [-0.05, 0) is 57.6 Å². The van der Waals surface area contributed by atoms with Crippen molar-refractivity contribution in [1.29, 1.82) is 0 Å². The van der Waals surface area contributed by atoms with Crippen molar-refractivity contribution in [3.05, 3.63) is 47.3 Å².